The zero-order valence-corrected chi connectivity index (χ0v) is 17.6. The number of nitrogens with one attached hydrogen (secondary N) is 1. The van der Waals surface area contributed by atoms with Crippen LogP contribution in [0.15, 0.2) is 12.3 Å². The Balaban J connectivity index is 0.00000240. The van der Waals surface area contributed by atoms with E-state index >= 15 is 0 Å². The molecule has 2 amide bonds. The predicted molar refractivity (Wildman–Crippen MR) is 110 cm³/mol. The molecule has 9 nitrogen and oxygen atoms in total. The molecule has 1 N–H and O–H groups in total. The van der Waals surface area contributed by atoms with Crippen molar-refractivity contribution in [3.63, 3.8) is 0 Å². The first-order valence-corrected chi connectivity index (χ1v) is 10.3. The lowest BCUT2D eigenvalue weighted by atomic mass is 10.1. The molecule has 0 aromatic carbocycles. The minimum absolute atomic E-state index is 0. The molecular formula is C19H31ClN6O3. The van der Waals surface area contributed by atoms with Gasteiger partial charge in [-0.2, -0.15) is 5.10 Å². The van der Waals surface area contributed by atoms with Crippen molar-refractivity contribution in [1.82, 2.24) is 29.8 Å². The first-order valence-electron chi connectivity index (χ1n) is 10.3. The van der Waals surface area contributed by atoms with Crippen LogP contribution in [0.2, 0.25) is 0 Å². The van der Waals surface area contributed by atoms with Crippen molar-refractivity contribution in [3.8, 4) is 0 Å². The number of hydrogen-bond acceptors (Lipinski definition) is 6. The first kappa shape index (κ1) is 22.0. The van der Waals surface area contributed by atoms with Gasteiger partial charge in [0.2, 0.25) is 5.91 Å². The highest BCUT2D eigenvalue weighted by Crippen LogP contribution is 2.16. The molecule has 0 bridgehead atoms. The van der Waals surface area contributed by atoms with E-state index in [1.165, 1.54) is 0 Å². The van der Waals surface area contributed by atoms with Crippen molar-refractivity contribution in [2.45, 2.75) is 18.9 Å². The van der Waals surface area contributed by atoms with Crippen LogP contribution >= 0.6 is 12.4 Å². The Morgan fingerprint density at radius 1 is 1.10 bits per heavy atom. The number of rotatable bonds is 4. The minimum atomic E-state index is -0.0391. The van der Waals surface area contributed by atoms with Gasteiger partial charge in [-0.1, -0.05) is 0 Å². The molecule has 3 saturated heterocycles. The number of piperazine rings is 1. The van der Waals surface area contributed by atoms with Crippen molar-refractivity contribution < 1.29 is 14.3 Å². The van der Waals surface area contributed by atoms with E-state index in [9.17, 15) is 9.59 Å². The molecule has 0 aliphatic carbocycles. The lowest BCUT2D eigenvalue weighted by Gasteiger charge is -2.36. The second-order valence-electron chi connectivity index (χ2n) is 7.74. The number of amides is 2. The molecule has 3 aliphatic rings. The zero-order valence-electron chi connectivity index (χ0n) is 16.8. The van der Waals surface area contributed by atoms with Gasteiger partial charge < -0.3 is 19.9 Å². The van der Waals surface area contributed by atoms with E-state index in [0.717, 1.165) is 39.0 Å². The number of hydrogen-bond donors (Lipinski definition) is 1. The number of morpholine rings is 1. The smallest absolute Gasteiger partial charge is 0.274 e. The third-order valence-corrected chi connectivity index (χ3v) is 5.85. The third-order valence-electron chi connectivity index (χ3n) is 5.85. The molecule has 0 spiro atoms. The standard InChI is InChI=1S/C19H30N6O3.ClH/c26-18(15-22-10-12-28-13-11-22)23-6-8-24(9-7-23)19(27)17-3-5-25(21-17)16-2-1-4-20-14-16;/h3,5,16,20H,1-2,4,6-15H2;1H. The first-order chi connectivity index (χ1) is 13.7. The van der Waals surface area contributed by atoms with Gasteiger partial charge in [0.15, 0.2) is 0 Å². The topological polar surface area (TPSA) is 82.9 Å². The molecule has 3 fully saturated rings. The Morgan fingerprint density at radius 2 is 1.83 bits per heavy atom. The third kappa shape index (κ3) is 5.48. The van der Waals surface area contributed by atoms with Crippen molar-refractivity contribution in [2.24, 2.45) is 0 Å². The summed E-state index contributed by atoms with van der Waals surface area (Å²) in [4.78, 5) is 31.1. The maximum atomic E-state index is 12.8. The van der Waals surface area contributed by atoms with Crippen LogP contribution in [-0.2, 0) is 9.53 Å². The molecule has 4 heterocycles. The fourth-order valence-electron chi connectivity index (χ4n) is 4.09. The summed E-state index contributed by atoms with van der Waals surface area (Å²) in [7, 11) is 0. The van der Waals surface area contributed by atoms with Crippen LogP contribution in [0.4, 0.5) is 0 Å². The van der Waals surface area contributed by atoms with Crippen molar-refractivity contribution in [3.05, 3.63) is 18.0 Å². The second-order valence-corrected chi connectivity index (χ2v) is 7.74. The van der Waals surface area contributed by atoms with E-state index in [1.54, 1.807) is 0 Å². The Kier molecular flexibility index (Phi) is 7.88. The van der Waals surface area contributed by atoms with Gasteiger partial charge in [-0.05, 0) is 25.5 Å². The molecule has 0 radical (unpaired) electrons. The Morgan fingerprint density at radius 3 is 2.52 bits per heavy atom. The zero-order chi connectivity index (χ0) is 19.3. The summed E-state index contributed by atoms with van der Waals surface area (Å²) in [5, 5.41) is 7.90. The Bertz CT molecular complexity index is 679. The van der Waals surface area contributed by atoms with E-state index in [2.05, 4.69) is 15.3 Å². The van der Waals surface area contributed by atoms with Gasteiger partial charge in [0.05, 0.1) is 25.8 Å². The summed E-state index contributed by atoms with van der Waals surface area (Å²) in [6, 6.07) is 2.14. The number of carbonyl (C=O) groups excluding carboxylic acids is 2. The number of aromatic nitrogens is 2. The molecule has 1 aromatic heterocycles. The number of carbonyl (C=O) groups is 2. The summed E-state index contributed by atoms with van der Waals surface area (Å²) in [6.07, 6.45) is 4.13. The summed E-state index contributed by atoms with van der Waals surface area (Å²) in [6.45, 7) is 7.70. The van der Waals surface area contributed by atoms with Crippen LogP contribution in [0.5, 0.6) is 0 Å². The Hall–Kier alpha value is -1.68. The predicted octanol–water partition coefficient (Wildman–Crippen LogP) is -0.154. The molecule has 3 aliphatic heterocycles. The maximum absolute atomic E-state index is 12.8. The number of piperidine rings is 1. The van der Waals surface area contributed by atoms with Crippen LogP contribution in [0.3, 0.4) is 0 Å². The average molecular weight is 427 g/mol. The second kappa shape index (κ2) is 10.4. The van der Waals surface area contributed by atoms with Crippen LogP contribution in [0.25, 0.3) is 0 Å². The maximum Gasteiger partial charge on any atom is 0.274 e. The van der Waals surface area contributed by atoms with Gasteiger partial charge in [-0.25, -0.2) is 0 Å². The minimum Gasteiger partial charge on any atom is -0.379 e. The van der Waals surface area contributed by atoms with E-state index in [4.69, 9.17) is 4.74 Å². The van der Waals surface area contributed by atoms with E-state index in [0.29, 0.717) is 57.7 Å². The van der Waals surface area contributed by atoms with Gasteiger partial charge in [0, 0.05) is 52.0 Å². The number of ether oxygens (including phenoxy) is 1. The van der Waals surface area contributed by atoms with Crippen LogP contribution in [0, 0.1) is 0 Å². The van der Waals surface area contributed by atoms with Gasteiger partial charge in [-0.15, -0.1) is 12.4 Å². The summed E-state index contributed by atoms with van der Waals surface area (Å²) in [5.41, 5.74) is 0.499. The molecule has 29 heavy (non-hydrogen) atoms. The average Bonchev–Trinajstić information content (AvgIpc) is 3.25. The van der Waals surface area contributed by atoms with Gasteiger partial charge in [-0.3, -0.25) is 19.2 Å². The SMILES string of the molecule is Cl.O=C(CN1CCOCC1)N1CCN(C(=O)c2ccn(C3CCCNC3)n2)CC1. The summed E-state index contributed by atoms with van der Waals surface area (Å²) >= 11 is 0. The van der Waals surface area contributed by atoms with E-state index in [1.807, 2.05) is 26.7 Å². The normalized spacial score (nSPS) is 23.5. The lowest BCUT2D eigenvalue weighted by Crippen LogP contribution is -2.53. The molecule has 1 aromatic rings. The van der Waals surface area contributed by atoms with Crippen molar-refractivity contribution in [1.29, 1.82) is 0 Å². The highest BCUT2D eigenvalue weighted by molar-refractivity contribution is 5.92. The molecule has 1 atom stereocenters. The fourth-order valence-corrected chi connectivity index (χ4v) is 4.09. The van der Waals surface area contributed by atoms with Crippen LogP contribution < -0.4 is 5.32 Å². The largest absolute Gasteiger partial charge is 0.379 e. The molecule has 4 rings (SSSR count). The monoisotopic (exact) mass is 426 g/mol. The highest BCUT2D eigenvalue weighted by atomic mass is 35.5. The fraction of sp³-hybridized carbons (Fsp3) is 0.737. The molecule has 162 valence electrons. The molecule has 0 saturated carbocycles. The van der Waals surface area contributed by atoms with Crippen LogP contribution in [0.1, 0.15) is 29.4 Å². The highest BCUT2D eigenvalue weighted by Gasteiger charge is 2.27. The number of nitrogens with zero attached hydrogens (tertiary/aromatic N) is 5. The molecular weight excluding hydrogens is 396 g/mol. The van der Waals surface area contributed by atoms with Crippen molar-refractivity contribution >= 4 is 24.2 Å². The van der Waals surface area contributed by atoms with E-state index < -0.39 is 0 Å². The van der Waals surface area contributed by atoms with Gasteiger partial charge in [0.25, 0.3) is 5.91 Å². The lowest BCUT2D eigenvalue weighted by molar-refractivity contribution is -0.134. The van der Waals surface area contributed by atoms with Gasteiger partial charge >= 0.3 is 0 Å². The molecule has 10 heteroatoms. The summed E-state index contributed by atoms with van der Waals surface area (Å²) < 4.78 is 7.25. The Labute approximate surface area is 177 Å². The van der Waals surface area contributed by atoms with E-state index in [-0.39, 0.29) is 24.2 Å². The van der Waals surface area contributed by atoms with Crippen LogP contribution in [-0.4, -0.2) is 108 Å². The number of halogens is 1. The quantitative estimate of drug-likeness (QED) is 0.720. The summed E-state index contributed by atoms with van der Waals surface area (Å²) in [5.74, 6) is 0.103. The molecule has 1 unspecified atom stereocenters. The van der Waals surface area contributed by atoms with Gasteiger partial charge in [0.1, 0.15) is 5.69 Å². The van der Waals surface area contributed by atoms with Crippen molar-refractivity contribution in [2.75, 3.05) is 72.1 Å².